The summed E-state index contributed by atoms with van der Waals surface area (Å²) >= 11 is 0. The van der Waals surface area contributed by atoms with Gasteiger partial charge in [-0.3, -0.25) is 0 Å². The lowest BCUT2D eigenvalue weighted by molar-refractivity contribution is 0.660. The molecule has 51 heavy (non-hydrogen) atoms. The Balaban J connectivity index is 1.17. The molecule has 8 aromatic carbocycles. The molecule has 0 radical (unpaired) electrons. The lowest BCUT2D eigenvalue weighted by atomic mass is 9.82. The fraction of sp³-hybridized carbons (Fsp3) is 0.0612. The van der Waals surface area contributed by atoms with Crippen LogP contribution in [-0.4, -0.2) is 4.57 Å². The molecule has 242 valence electrons. The second-order valence-electron chi connectivity index (χ2n) is 14.2. The van der Waals surface area contributed by atoms with Crippen molar-refractivity contribution in [3.63, 3.8) is 0 Å². The van der Waals surface area contributed by atoms with Crippen LogP contribution in [0.3, 0.4) is 0 Å². The maximum absolute atomic E-state index is 2.45. The molecule has 0 N–H and O–H groups in total. The Kier molecular flexibility index (Phi) is 6.56. The molecule has 0 atom stereocenters. The van der Waals surface area contributed by atoms with Crippen LogP contribution < -0.4 is 4.90 Å². The fourth-order valence-electron chi connectivity index (χ4n) is 8.49. The topological polar surface area (TPSA) is 8.17 Å². The van der Waals surface area contributed by atoms with Crippen LogP contribution in [-0.2, 0) is 5.41 Å². The zero-order valence-corrected chi connectivity index (χ0v) is 28.7. The number of aromatic nitrogens is 1. The van der Waals surface area contributed by atoms with Crippen molar-refractivity contribution in [1.82, 2.24) is 4.57 Å². The Bertz CT molecular complexity index is 2780. The fourth-order valence-corrected chi connectivity index (χ4v) is 8.49. The van der Waals surface area contributed by atoms with E-state index in [-0.39, 0.29) is 5.41 Å². The van der Waals surface area contributed by atoms with E-state index in [1.165, 1.54) is 71.6 Å². The van der Waals surface area contributed by atoms with Crippen molar-refractivity contribution in [1.29, 1.82) is 0 Å². The van der Waals surface area contributed by atoms with E-state index in [4.69, 9.17) is 0 Å². The Hall–Kier alpha value is -6.38. The van der Waals surface area contributed by atoms with Gasteiger partial charge in [0, 0.05) is 38.6 Å². The standard InChI is InChI=1S/C49H36N2/c1-49(2)44-23-10-8-21-40(44)41-29-27-38(32-45(41)49)50(46-25-13-15-33-14-6-7-20-39(33)46)37-19-12-16-34(30-37)35-26-28-43-42-22-9-11-24-47(42)51(48(43)31-35)36-17-4-3-5-18-36/h3-32H,1-2H3. The van der Waals surface area contributed by atoms with Crippen LogP contribution in [0.15, 0.2) is 182 Å². The number of nitrogens with zero attached hydrogens (tertiary/aromatic N) is 2. The molecule has 0 unspecified atom stereocenters. The van der Waals surface area contributed by atoms with E-state index in [0.717, 1.165) is 17.1 Å². The molecular formula is C49H36N2. The SMILES string of the molecule is CC1(C)c2ccccc2-c2ccc(N(c3cccc(-c4ccc5c6ccccc6n(-c6ccccc6)c5c4)c3)c3cccc4ccccc34)cc21. The van der Waals surface area contributed by atoms with Crippen molar-refractivity contribution in [2.24, 2.45) is 0 Å². The predicted octanol–water partition coefficient (Wildman–Crippen LogP) is 13.4. The largest absolute Gasteiger partial charge is 0.310 e. The quantitative estimate of drug-likeness (QED) is 0.180. The van der Waals surface area contributed by atoms with Gasteiger partial charge in [-0.25, -0.2) is 0 Å². The van der Waals surface area contributed by atoms with Gasteiger partial charge in [-0.15, -0.1) is 0 Å². The highest BCUT2D eigenvalue weighted by Crippen LogP contribution is 2.51. The number of hydrogen-bond donors (Lipinski definition) is 0. The summed E-state index contributed by atoms with van der Waals surface area (Å²) in [5.41, 5.74) is 14.7. The molecule has 0 fully saturated rings. The Morgan fingerprint density at radius 1 is 0.431 bits per heavy atom. The predicted molar refractivity (Wildman–Crippen MR) is 216 cm³/mol. The van der Waals surface area contributed by atoms with Crippen LogP contribution in [0.1, 0.15) is 25.0 Å². The molecular weight excluding hydrogens is 617 g/mol. The molecule has 0 spiro atoms. The number of para-hydroxylation sites is 2. The van der Waals surface area contributed by atoms with Crippen molar-refractivity contribution in [2.45, 2.75) is 19.3 Å². The molecule has 1 aliphatic carbocycles. The monoisotopic (exact) mass is 652 g/mol. The molecule has 1 aromatic heterocycles. The summed E-state index contributed by atoms with van der Waals surface area (Å²) in [6.45, 7) is 4.71. The van der Waals surface area contributed by atoms with Gasteiger partial charge in [0.1, 0.15) is 0 Å². The molecule has 2 heteroatoms. The van der Waals surface area contributed by atoms with E-state index in [1.807, 2.05) is 0 Å². The first kappa shape index (κ1) is 29.5. The first-order chi connectivity index (χ1) is 25.1. The van der Waals surface area contributed by atoms with Crippen molar-refractivity contribution in [2.75, 3.05) is 4.90 Å². The highest BCUT2D eigenvalue weighted by atomic mass is 15.1. The zero-order chi connectivity index (χ0) is 34.1. The van der Waals surface area contributed by atoms with E-state index >= 15 is 0 Å². The van der Waals surface area contributed by atoms with Gasteiger partial charge in [0.05, 0.1) is 16.7 Å². The normalized spacial score (nSPS) is 13.1. The van der Waals surface area contributed by atoms with E-state index < -0.39 is 0 Å². The maximum atomic E-state index is 2.45. The highest BCUT2D eigenvalue weighted by Gasteiger charge is 2.35. The first-order valence-corrected chi connectivity index (χ1v) is 17.8. The van der Waals surface area contributed by atoms with Gasteiger partial charge in [0.15, 0.2) is 0 Å². The lowest BCUT2D eigenvalue weighted by Gasteiger charge is -2.29. The van der Waals surface area contributed by atoms with Crippen molar-refractivity contribution in [3.05, 3.63) is 193 Å². The third-order valence-corrected chi connectivity index (χ3v) is 11.0. The van der Waals surface area contributed by atoms with Gasteiger partial charge in [-0.2, -0.15) is 0 Å². The molecule has 1 heterocycles. The molecule has 10 rings (SSSR count). The summed E-state index contributed by atoms with van der Waals surface area (Å²) in [6, 6.07) is 66.7. The molecule has 0 saturated heterocycles. The summed E-state index contributed by atoms with van der Waals surface area (Å²) < 4.78 is 2.39. The third kappa shape index (κ3) is 4.57. The van der Waals surface area contributed by atoms with Crippen LogP contribution >= 0.6 is 0 Å². The number of anilines is 3. The van der Waals surface area contributed by atoms with Gasteiger partial charge in [0.2, 0.25) is 0 Å². The van der Waals surface area contributed by atoms with Crippen molar-refractivity contribution < 1.29 is 0 Å². The number of hydrogen-bond acceptors (Lipinski definition) is 1. The summed E-state index contributed by atoms with van der Waals surface area (Å²) in [7, 11) is 0. The Labute approximate surface area is 298 Å². The molecule has 0 aliphatic heterocycles. The van der Waals surface area contributed by atoms with Gasteiger partial charge < -0.3 is 9.47 Å². The Morgan fingerprint density at radius 2 is 1.10 bits per heavy atom. The molecule has 0 saturated carbocycles. The minimum Gasteiger partial charge on any atom is -0.310 e. The average Bonchev–Trinajstić information content (AvgIpc) is 3.63. The van der Waals surface area contributed by atoms with Gasteiger partial charge in [0.25, 0.3) is 0 Å². The summed E-state index contributed by atoms with van der Waals surface area (Å²) in [4.78, 5) is 2.45. The Morgan fingerprint density at radius 3 is 2.00 bits per heavy atom. The van der Waals surface area contributed by atoms with Crippen LogP contribution in [0, 0.1) is 0 Å². The third-order valence-electron chi connectivity index (χ3n) is 11.0. The van der Waals surface area contributed by atoms with Crippen LogP contribution in [0.2, 0.25) is 0 Å². The molecule has 1 aliphatic rings. The average molecular weight is 653 g/mol. The number of rotatable bonds is 5. The second-order valence-corrected chi connectivity index (χ2v) is 14.2. The van der Waals surface area contributed by atoms with Crippen molar-refractivity contribution in [3.8, 4) is 27.9 Å². The van der Waals surface area contributed by atoms with Gasteiger partial charge >= 0.3 is 0 Å². The van der Waals surface area contributed by atoms with Crippen LogP contribution in [0.25, 0.3) is 60.5 Å². The molecule has 0 amide bonds. The summed E-state index contributed by atoms with van der Waals surface area (Å²) in [5.74, 6) is 0. The van der Waals surface area contributed by atoms with Crippen molar-refractivity contribution >= 4 is 49.6 Å². The van der Waals surface area contributed by atoms with E-state index in [2.05, 4.69) is 205 Å². The van der Waals surface area contributed by atoms with Gasteiger partial charge in [-0.05, 0) is 93.4 Å². The van der Waals surface area contributed by atoms with E-state index in [0.29, 0.717) is 0 Å². The first-order valence-electron chi connectivity index (χ1n) is 17.8. The zero-order valence-electron chi connectivity index (χ0n) is 28.7. The smallest absolute Gasteiger partial charge is 0.0547 e. The highest BCUT2D eigenvalue weighted by molar-refractivity contribution is 6.10. The number of fused-ring (bicyclic) bond motifs is 7. The maximum Gasteiger partial charge on any atom is 0.0547 e. The molecule has 0 bridgehead atoms. The van der Waals surface area contributed by atoms with E-state index in [9.17, 15) is 0 Å². The van der Waals surface area contributed by atoms with Gasteiger partial charge in [-0.1, -0.05) is 141 Å². The number of benzene rings is 8. The lowest BCUT2D eigenvalue weighted by Crippen LogP contribution is -2.16. The minimum atomic E-state index is -0.0964. The van der Waals surface area contributed by atoms with Crippen LogP contribution in [0.5, 0.6) is 0 Å². The minimum absolute atomic E-state index is 0.0964. The summed E-state index contributed by atoms with van der Waals surface area (Å²) in [6.07, 6.45) is 0. The molecule has 9 aromatic rings. The molecule has 2 nitrogen and oxygen atoms in total. The van der Waals surface area contributed by atoms with E-state index in [1.54, 1.807) is 0 Å². The van der Waals surface area contributed by atoms with Crippen LogP contribution in [0.4, 0.5) is 17.1 Å². The second kappa shape index (κ2) is 11.3. The summed E-state index contributed by atoms with van der Waals surface area (Å²) in [5, 5.41) is 4.97.